The Hall–Kier alpha value is -1.30. The van der Waals surface area contributed by atoms with Crippen LogP contribution in [0.25, 0.3) is 0 Å². The lowest BCUT2D eigenvalue weighted by molar-refractivity contribution is -0.125. The van der Waals surface area contributed by atoms with Gasteiger partial charge in [-0.05, 0) is 24.1 Å². The maximum absolute atomic E-state index is 11.7. The predicted molar refractivity (Wildman–Crippen MR) is 80.9 cm³/mol. The SMILES string of the molecule is CC(C)[C@H](N)C(=O)NCC(=O)Nc1cc(Cl)ccc1Cl. The van der Waals surface area contributed by atoms with Gasteiger partial charge in [0.1, 0.15) is 0 Å². The lowest BCUT2D eigenvalue weighted by atomic mass is 10.1. The quantitative estimate of drug-likeness (QED) is 0.777. The Labute approximate surface area is 127 Å². The normalized spacial score (nSPS) is 12.1. The molecule has 7 heteroatoms. The molecular formula is C13H17Cl2N3O2. The summed E-state index contributed by atoms with van der Waals surface area (Å²) in [5.74, 6) is -0.772. The van der Waals surface area contributed by atoms with Crippen molar-refractivity contribution < 1.29 is 9.59 Å². The van der Waals surface area contributed by atoms with E-state index in [1.165, 1.54) is 6.07 Å². The molecule has 5 nitrogen and oxygen atoms in total. The fraction of sp³-hybridized carbons (Fsp3) is 0.385. The summed E-state index contributed by atoms with van der Waals surface area (Å²) in [6.07, 6.45) is 0. The Morgan fingerprint density at radius 1 is 1.30 bits per heavy atom. The fourth-order valence-corrected chi connectivity index (χ4v) is 1.71. The number of carbonyl (C=O) groups excluding carboxylic acids is 2. The van der Waals surface area contributed by atoms with Gasteiger partial charge in [-0.1, -0.05) is 37.0 Å². The van der Waals surface area contributed by atoms with Crippen LogP contribution in [0.15, 0.2) is 18.2 Å². The first-order valence-corrected chi connectivity index (χ1v) is 6.85. The molecule has 0 radical (unpaired) electrons. The van der Waals surface area contributed by atoms with Crippen LogP contribution in [0.5, 0.6) is 0 Å². The van der Waals surface area contributed by atoms with Crippen LogP contribution in [-0.2, 0) is 9.59 Å². The summed E-state index contributed by atoms with van der Waals surface area (Å²) in [4.78, 5) is 23.3. The molecule has 2 amide bonds. The molecule has 110 valence electrons. The second-order valence-corrected chi connectivity index (χ2v) is 5.50. The van der Waals surface area contributed by atoms with Crippen molar-refractivity contribution >= 4 is 40.7 Å². The molecule has 0 spiro atoms. The van der Waals surface area contributed by atoms with E-state index in [0.29, 0.717) is 15.7 Å². The van der Waals surface area contributed by atoms with Crippen molar-refractivity contribution in [1.82, 2.24) is 5.32 Å². The van der Waals surface area contributed by atoms with E-state index >= 15 is 0 Å². The molecule has 0 aliphatic rings. The number of amides is 2. The molecule has 0 aliphatic heterocycles. The Morgan fingerprint density at radius 3 is 2.55 bits per heavy atom. The van der Waals surface area contributed by atoms with Crippen molar-refractivity contribution in [1.29, 1.82) is 0 Å². The number of carbonyl (C=O) groups is 2. The van der Waals surface area contributed by atoms with Gasteiger partial charge in [-0.25, -0.2) is 0 Å². The lowest BCUT2D eigenvalue weighted by Crippen LogP contribution is -2.46. The zero-order chi connectivity index (χ0) is 15.3. The van der Waals surface area contributed by atoms with Crippen molar-refractivity contribution in [3.8, 4) is 0 Å². The topological polar surface area (TPSA) is 84.2 Å². The Bertz CT molecular complexity index is 506. The molecule has 0 aromatic heterocycles. The summed E-state index contributed by atoms with van der Waals surface area (Å²) in [6, 6.07) is 4.08. The molecule has 0 saturated carbocycles. The summed E-state index contributed by atoms with van der Waals surface area (Å²) >= 11 is 11.7. The summed E-state index contributed by atoms with van der Waals surface area (Å²) in [5.41, 5.74) is 6.06. The van der Waals surface area contributed by atoms with Crippen LogP contribution in [0.3, 0.4) is 0 Å². The molecule has 0 saturated heterocycles. The first-order valence-electron chi connectivity index (χ1n) is 6.09. The smallest absolute Gasteiger partial charge is 0.243 e. The molecule has 1 aromatic carbocycles. The number of nitrogens with one attached hydrogen (secondary N) is 2. The Kier molecular flexibility index (Phi) is 6.26. The van der Waals surface area contributed by atoms with Gasteiger partial charge in [0.2, 0.25) is 11.8 Å². The van der Waals surface area contributed by atoms with Gasteiger partial charge in [-0.2, -0.15) is 0 Å². The second kappa shape index (κ2) is 7.47. The molecule has 0 unspecified atom stereocenters. The van der Waals surface area contributed by atoms with E-state index < -0.39 is 11.9 Å². The molecule has 0 fully saturated rings. The number of halogens is 2. The summed E-state index contributed by atoms with van der Waals surface area (Å²) in [7, 11) is 0. The molecule has 0 aliphatic carbocycles. The molecule has 0 bridgehead atoms. The van der Waals surface area contributed by atoms with Gasteiger partial charge in [0.05, 0.1) is 23.3 Å². The van der Waals surface area contributed by atoms with E-state index in [4.69, 9.17) is 28.9 Å². The van der Waals surface area contributed by atoms with E-state index in [1.54, 1.807) is 12.1 Å². The van der Waals surface area contributed by atoms with Gasteiger partial charge in [0, 0.05) is 5.02 Å². The third kappa shape index (κ3) is 5.00. The van der Waals surface area contributed by atoms with Crippen molar-refractivity contribution in [3.05, 3.63) is 28.2 Å². The molecule has 4 N–H and O–H groups in total. The number of benzene rings is 1. The summed E-state index contributed by atoms with van der Waals surface area (Å²) in [6.45, 7) is 3.48. The highest BCUT2D eigenvalue weighted by Gasteiger charge is 2.17. The van der Waals surface area contributed by atoms with Gasteiger partial charge < -0.3 is 16.4 Å². The monoisotopic (exact) mass is 317 g/mol. The molecule has 1 aromatic rings. The van der Waals surface area contributed by atoms with Crippen LogP contribution in [0, 0.1) is 5.92 Å². The number of rotatable bonds is 5. The number of anilines is 1. The Balaban J connectivity index is 2.52. The van der Waals surface area contributed by atoms with Crippen LogP contribution >= 0.6 is 23.2 Å². The predicted octanol–water partition coefficient (Wildman–Crippen LogP) is 2.03. The van der Waals surface area contributed by atoms with Gasteiger partial charge in [0.25, 0.3) is 0 Å². The minimum absolute atomic E-state index is 0.000403. The molecule has 1 atom stereocenters. The first-order chi connectivity index (χ1) is 9.31. The highest BCUT2D eigenvalue weighted by atomic mass is 35.5. The minimum Gasteiger partial charge on any atom is -0.346 e. The van der Waals surface area contributed by atoms with E-state index in [2.05, 4.69) is 10.6 Å². The zero-order valence-electron chi connectivity index (χ0n) is 11.2. The van der Waals surface area contributed by atoms with Crippen molar-refractivity contribution in [2.75, 3.05) is 11.9 Å². The van der Waals surface area contributed by atoms with Gasteiger partial charge in [-0.3, -0.25) is 9.59 Å². The summed E-state index contributed by atoms with van der Waals surface area (Å²) < 4.78 is 0. The number of nitrogens with two attached hydrogens (primary N) is 1. The molecule has 1 rings (SSSR count). The zero-order valence-corrected chi connectivity index (χ0v) is 12.8. The van der Waals surface area contributed by atoms with E-state index in [0.717, 1.165) is 0 Å². The van der Waals surface area contributed by atoms with Gasteiger partial charge in [-0.15, -0.1) is 0 Å². The molecule has 0 heterocycles. The maximum atomic E-state index is 11.7. The van der Waals surface area contributed by atoms with Crippen LogP contribution in [0.1, 0.15) is 13.8 Å². The summed E-state index contributed by atoms with van der Waals surface area (Å²) in [5, 5.41) is 5.85. The van der Waals surface area contributed by atoms with Crippen molar-refractivity contribution in [2.45, 2.75) is 19.9 Å². The highest BCUT2D eigenvalue weighted by Crippen LogP contribution is 2.25. The van der Waals surface area contributed by atoms with Crippen LogP contribution in [0.2, 0.25) is 10.0 Å². The largest absolute Gasteiger partial charge is 0.346 e. The van der Waals surface area contributed by atoms with Crippen LogP contribution in [0.4, 0.5) is 5.69 Å². The highest BCUT2D eigenvalue weighted by molar-refractivity contribution is 6.35. The maximum Gasteiger partial charge on any atom is 0.243 e. The third-order valence-electron chi connectivity index (χ3n) is 2.65. The average molecular weight is 318 g/mol. The standard InChI is InChI=1S/C13H17Cl2N3O2/c1-7(2)12(16)13(20)17-6-11(19)18-10-5-8(14)3-4-9(10)15/h3-5,7,12H,6,16H2,1-2H3,(H,17,20)(H,18,19)/t12-/m0/s1. The lowest BCUT2D eigenvalue weighted by Gasteiger charge is -2.15. The van der Waals surface area contributed by atoms with E-state index in [-0.39, 0.29) is 18.4 Å². The minimum atomic E-state index is -0.641. The van der Waals surface area contributed by atoms with Crippen LogP contribution < -0.4 is 16.4 Å². The fourth-order valence-electron chi connectivity index (χ4n) is 1.38. The van der Waals surface area contributed by atoms with Gasteiger partial charge >= 0.3 is 0 Å². The third-order valence-corrected chi connectivity index (χ3v) is 3.21. The van der Waals surface area contributed by atoms with E-state index in [1.807, 2.05) is 13.8 Å². The van der Waals surface area contributed by atoms with Gasteiger partial charge in [0.15, 0.2) is 0 Å². The van der Waals surface area contributed by atoms with Crippen LogP contribution in [-0.4, -0.2) is 24.4 Å². The average Bonchev–Trinajstić information content (AvgIpc) is 2.39. The molecule has 20 heavy (non-hydrogen) atoms. The first kappa shape index (κ1) is 16.8. The van der Waals surface area contributed by atoms with E-state index in [9.17, 15) is 9.59 Å². The molecular weight excluding hydrogens is 301 g/mol. The second-order valence-electron chi connectivity index (χ2n) is 4.66. The number of hydrogen-bond acceptors (Lipinski definition) is 3. The Morgan fingerprint density at radius 2 is 1.95 bits per heavy atom. The van der Waals surface area contributed by atoms with Crippen molar-refractivity contribution in [3.63, 3.8) is 0 Å². The van der Waals surface area contributed by atoms with Crippen molar-refractivity contribution in [2.24, 2.45) is 11.7 Å². The number of hydrogen-bond donors (Lipinski definition) is 3.